The number of ketones is 2. The molecule has 0 aliphatic carbocycles. The zero-order valence-electron chi connectivity index (χ0n) is 9.50. The van der Waals surface area contributed by atoms with Gasteiger partial charge in [0.2, 0.25) is 0 Å². The third-order valence-electron chi connectivity index (χ3n) is 2.70. The van der Waals surface area contributed by atoms with Gasteiger partial charge in [0.15, 0.2) is 0 Å². The molecule has 18 heavy (non-hydrogen) atoms. The highest BCUT2D eigenvalue weighted by atomic mass is 35.5. The minimum Gasteiger partial charge on any atom is -0.304 e. The van der Waals surface area contributed by atoms with Crippen LogP contribution in [0.2, 0.25) is 5.02 Å². The molecule has 94 valence electrons. The van der Waals surface area contributed by atoms with Crippen LogP contribution in [0.4, 0.5) is 10.1 Å². The Hall–Kier alpha value is -1.75. The summed E-state index contributed by atoms with van der Waals surface area (Å²) in [6.07, 6.45) is 0.114. The van der Waals surface area contributed by atoms with Crippen molar-refractivity contribution in [3.63, 3.8) is 0 Å². The first-order valence-corrected chi connectivity index (χ1v) is 5.64. The zero-order chi connectivity index (χ0) is 13.4. The van der Waals surface area contributed by atoms with E-state index >= 15 is 0 Å². The third kappa shape index (κ3) is 2.01. The molecule has 1 aliphatic heterocycles. The molecule has 0 N–H and O–H groups in total. The monoisotopic (exact) mass is 269 g/mol. The summed E-state index contributed by atoms with van der Waals surface area (Å²) in [6.45, 7) is 1.44. The number of halogens is 2. The molecule has 0 saturated heterocycles. The summed E-state index contributed by atoms with van der Waals surface area (Å²) >= 11 is 5.57. The summed E-state index contributed by atoms with van der Waals surface area (Å²) in [5.41, 5.74) is 0.253. The van der Waals surface area contributed by atoms with E-state index in [1.807, 2.05) is 0 Å². The van der Waals surface area contributed by atoms with E-state index in [-0.39, 0.29) is 35.0 Å². The molecule has 1 aromatic rings. The van der Waals surface area contributed by atoms with Gasteiger partial charge in [-0.2, -0.15) is 0 Å². The van der Waals surface area contributed by atoms with Crippen molar-refractivity contribution < 1.29 is 18.8 Å². The average Bonchev–Trinajstić information content (AvgIpc) is 2.51. The lowest BCUT2D eigenvalue weighted by Gasteiger charge is -2.15. The summed E-state index contributed by atoms with van der Waals surface area (Å²) in [5, 5.41) is -0.205. The largest absolute Gasteiger partial charge is 0.304 e. The fourth-order valence-corrected chi connectivity index (χ4v) is 1.94. The van der Waals surface area contributed by atoms with Gasteiger partial charge in [0.25, 0.3) is 11.7 Å². The molecule has 0 fully saturated rings. The normalized spacial score (nSPS) is 14.1. The van der Waals surface area contributed by atoms with Gasteiger partial charge >= 0.3 is 0 Å². The molecule has 1 amide bonds. The van der Waals surface area contributed by atoms with Crippen molar-refractivity contribution in [2.24, 2.45) is 0 Å². The minimum absolute atomic E-state index is 0.0635. The van der Waals surface area contributed by atoms with Gasteiger partial charge in [0.05, 0.1) is 16.3 Å². The molecule has 0 atom stereocenters. The number of carbonyl (C=O) groups is 3. The number of carbonyl (C=O) groups excluding carboxylic acids is 3. The number of benzene rings is 1. The van der Waals surface area contributed by atoms with Crippen LogP contribution in [0.15, 0.2) is 12.1 Å². The summed E-state index contributed by atoms with van der Waals surface area (Å²) in [6, 6.07) is 2.18. The Labute approximate surface area is 107 Å². The number of Topliss-reactive ketones (excluding diaryl/α,β-unsaturated/α-hetero) is 2. The molecule has 1 heterocycles. The van der Waals surface area contributed by atoms with Crippen molar-refractivity contribution >= 4 is 34.8 Å². The quantitative estimate of drug-likeness (QED) is 0.789. The van der Waals surface area contributed by atoms with Crippen molar-refractivity contribution in [2.45, 2.75) is 13.3 Å². The molecular formula is C12H9ClFNO3. The van der Waals surface area contributed by atoms with Gasteiger partial charge in [-0.15, -0.1) is 0 Å². The van der Waals surface area contributed by atoms with Crippen LogP contribution in [-0.2, 0) is 9.59 Å². The lowest BCUT2D eigenvalue weighted by Crippen LogP contribution is -2.31. The highest BCUT2D eigenvalue weighted by Gasteiger charge is 2.36. The topological polar surface area (TPSA) is 54.5 Å². The Bertz CT molecular complexity index is 571. The maximum Gasteiger partial charge on any atom is 0.299 e. The van der Waals surface area contributed by atoms with Crippen LogP contribution < -0.4 is 4.90 Å². The average molecular weight is 270 g/mol. The SMILES string of the molecule is CC(=O)CCN1C(=O)C(=O)c2cc(Cl)c(F)cc21. The zero-order valence-corrected chi connectivity index (χ0v) is 10.3. The molecule has 0 aromatic heterocycles. The second-order valence-corrected chi connectivity index (χ2v) is 4.43. The number of rotatable bonds is 3. The lowest BCUT2D eigenvalue weighted by molar-refractivity contribution is -0.117. The summed E-state index contributed by atoms with van der Waals surface area (Å²) < 4.78 is 13.4. The number of nitrogens with zero attached hydrogens (tertiary/aromatic N) is 1. The van der Waals surface area contributed by atoms with Crippen LogP contribution in [-0.4, -0.2) is 24.0 Å². The number of anilines is 1. The molecular weight excluding hydrogens is 261 g/mol. The summed E-state index contributed by atoms with van der Waals surface area (Å²) in [5.74, 6) is -2.30. The van der Waals surface area contributed by atoms with E-state index in [2.05, 4.69) is 0 Å². The molecule has 0 unspecified atom stereocenters. The van der Waals surface area contributed by atoms with Gasteiger partial charge < -0.3 is 4.90 Å². The Balaban J connectivity index is 2.41. The van der Waals surface area contributed by atoms with E-state index in [0.717, 1.165) is 17.0 Å². The predicted octanol–water partition coefficient (Wildman–Crippen LogP) is 1.99. The first-order valence-electron chi connectivity index (χ1n) is 5.26. The predicted molar refractivity (Wildman–Crippen MR) is 63.4 cm³/mol. The van der Waals surface area contributed by atoms with Gasteiger partial charge in [-0.25, -0.2) is 4.39 Å². The van der Waals surface area contributed by atoms with Gasteiger partial charge in [0, 0.05) is 13.0 Å². The van der Waals surface area contributed by atoms with E-state index in [9.17, 15) is 18.8 Å². The van der Waals surface area contributed by atoms with Crippen LogP contribution in [0, 0.1) is 5.82 Å². The molecule has 2 rings (SSSR count). The van der Waals surface area contributed by atoms with Crippen LogP contribution in [0.1, 0.15) is 23.7 Å². The van der Waals surface area contributed by atoms with Crippen LogP contribution in [0.25, 0.3) is 0 Å². The number of hydrogen-bond donors (Lipinski definition) is 0. The second kappa shape index (κ2) is 4.49. The Morgan fingerprint density at radius 1 is 1.39 bits per heavy atom. The Morgan fingerprint density at radius 2 is 2.06 bits per heavy atom. The lowest BCUT2D eigenvalue weighted by atomic mass is 10.1. The maximum atomic E-state index is 13.4. The van der Waals surface area contributed by atoms with Crippen LogP contribution >= 0.6 is 11.6 Å². The van der Waals surface area contributed by atoms with E-state index in [1.165, 1.54) is 6.92 Å². The minimum atomic E-state index is -0.757. The molecule has 0 saturated carbocycles. The van der Waals surface area contributed by atoms with Crippen molar-refractivity contribution in [1.82, 2.24) is 0 Å². The Kier molecular flexibility index (Phi) is 3.17. The molecule has 1 aliphatic rings. The first kappa shape index (κ1) is 12.7. The van der Waals surface area contributed by atoms with Crippen molar-refractivity contribution in [1.29, 1.82) is 0 Å². The number of fused-ring (bicyclic) bond motifs is 1. The molecule has 0 radical (unpaired) electrons. The summed E-state index contributed by atoms with van der Waals surface area (Å²) in [4.78, 5) is 35.4. The highest BCUT2D eigenvalue weighted by molar-refractivity contribution is 6.52. The van der Waals surface area contributed by atoms with Crippen molar-refractivity contribution in [3.05, 3.63) is 28.5 Å². The number of amides is 1. The van der Waals surface area contributed by atoms with E-state index in [4.69, 9.17) is 11.6 Å². The van der Waals surface area contributed by atoms with E-state index < -0.39 is 17.5 Å². The van der Waals surface area contributed by atoms with E-state index in [0.29, 0.717) is 0 Å². The second-order valence-electron chi connectivity index (χ2n) is 4.02. The molecule has 6 heteroatoms. The standard InChI is InChI=1S/C12H9ClFNO3/c1-6(16)2-3-15-10-5-9(14)8(13)4-7(10)11(17)12(15)18/h4-5H,2-3H2,1H3. The maximum absolute atomic E-state index is 13.4. The fourth-order valence-electron chi connectivity index (χ4n) is 1.78. The molecule has 1 aromatic carbocycles. The Morgan fingerprint density at radius 3 is 2.67 bits per heavy atom. The summed E-state index contributed by atoms with van der Waals surface area (Å²) in [7, 11) is 0. The van der Waals surface area contributed by atoms with Gasteiger partial charge in [-0.1, -0.05) is 11.6 Å². The van der Waals surface area contributed by atoms with Gasteiger partial charge in [0.1, 0.15) is 11.6 Å². The first-order chi connectivity index (χ1) is 8.41. The van der Waals surface area contributed by atoms with Crippen molar-refractivity contribution in [2.75, 3.05) is 11.4 Å². The van der Waals surface area contributed by atoms with Crippen molar-refractivity contribution in [3.8, 4) is 0 Å². The molecule has 0 spiro atoms. The fraction of sp³-hybridized carbons (Fsp3) is 0.250. The smallest absolute Gasteiger partial charge is 0.299 e. The van der Waals surface area contributed by atoms with Crippen LogP contribution in [0.3, 0.4) is 0 Å². The highest BCUT2D eigenvalue weighted by Crippen LogP contribution is 2.33. The molecule has 0 bridgehead atoms. The van der Waals surface area contributed by atoms with Gasteiger partial charge in [-0.3, -0.25) is 14.4 Å². The van der Waals surface area contributed by atoms with E-state index in [1.54, 1.807) is 0 Å². The number of hydrogen-bond acceptors (Lipinski definition) is 3. The molecule has 4 nitrogen and oxygen atoms in total. The van der Waals surface area contributed by atoms with Gasteiger partial charge in [-0.05, 0) is 19.1 Å². The third-order valence-corrected chi connectivity index (χ3v) is 2.99. The van der Waals surface area contributed by atoms with Crippen LogP contribution in [0.5, 0.6) is 0 Å².